The average Bonchev–Trinajstić information content (AvgIpc) is 2.37. The van der Waals surface area contributed by atoms with Gasteiger partial charge < -0.3 is 5.73 Å². The van der Waals surface area contributed by atoms with Gasteiger partial charge in [-0.3, -0.25) is 4.79 Å². The van der Waals surface area contributed by atoms with Crippen LogP contribution >= 0.6 is 11.6 Å². The van der Waals surface area contributed by atoms with Crippen LogP contribution in [0.25, 0.3) is 0 Å². The smallest absolute Gasteiger partial charge is 0.399 e. The lowest BCUT2D eigenvalue weighted by Crippen LogP contribution is -2.13. The normalized spacial score (nSPS) is 11.5. The first-order valence-corrected chi connectivity index (χ1v) is 6.05. The summed E-state index contributed by atoms with van der Waals surface area (Å²) < 4.78 is 51.8. The Labute approximate surface area is 122 Å². The van der Waals surface area contributed by atoms with E-state index in [-0.39, 0.29) is 16.3 Å². The topological polar surface area (TPSA) is 43.1 Å². The van der Waals surface area contributed by atoms with Gasteiger partial charge in [0.2, 0.25) is 0 Å². The Morgan fingerprint density at radius 2 is 1.76 bits per heavy atom. The van der Waals surface area contributed by atoms with E-state index in [2.05, 4.69) is 0 Å². The molecule has 0 aliphatic heterocycles. The van der Waals surface area contributed by atoms with Gasteiger partial charge in [0.1, 0.15) is 5.82 Å². The molecule has 0 fully saturated rings. The van der Waals surface area contributed by atoms with Crippen LogP contribution in [0.15, 0.2) is 36.4 Å². The van der Waals surface area contributed by atoms with Crippen LogP contribution < -0.4 is 5.73 Å². The van der Waals surface area contributed by atoms with Crippen LogP contribution in [-0.2, 0) is 6.18 Å². The molecule has 0 saturated heterocycles. The Balaban J connectivity index is 2.54. The van der Waals surface area contributed by atoms with Crippen molar-refractivity contribution in [3.05, 3.63) is 63.9 Å². The molecule has 2 N–H and O–H groups in total. The van der Waals surface area contributed by atoms with E-state index in [1.54, 1.807) is 0 Å². The lowest BCUT2D eigenvalue weighted by atomic mass is 10.00. The molecule has 2 aromatic carbocycles. The van der Waals surface area contributed by atoms with Crippen molar-refractivity contribution < 1.29 is 22.4 Å². The van der Waals surface area contributed by atoms with E-state index < -0.39 is 28.9 Å². The van der Waals surface area contributed by atoms with E-state index in [4.69, 9.17) is 17.3 Å². The molecule has 7 heteroatoms. The molecule has 0 bridgehead atoms. The number of anilines is 1. The van der Waals surface area contributed by atoms with E-state index in [1.165, 1.54) is 18.2 Å². The number of benzene rings is 2. The van der Waals surface area contributed by atoms with Gasteiger partial charge in [-0.15, -0.1) is 0 Å². The maximum atomic E-state index is 13.9. The number of hydrogen-bond donors (Lipinski definition) is 1. The Bertz CT molecular complexity index is 713. The van der Waals surface area contributed by atoms with Crippen LogP contribution in [0.5, 0.6) is 0 Å². The standard InChI is InChI=1S/C14H8ClF4NO/c15-11-6-7(20)4-5-8(11)13(21)9-2-1-3-10(12(9)16)14(17,18)19/h1-6H,20H2. The second-order valence-corrected chi connectivity index (χ2v) is 4.64. The molecular formula is C14H8ClF4NO. The molecule has 0 aromatic heterocycles. The lowest BCUT2D eigenvalue weighted by molar-refractivity contribution is -0.140. The van der Waals surface area contributed by atoms with Gasteiger partial charge >= 0.3 is 6.18 Å². The van der Waals surface area contributed by atoms with Crippen LogP contribution in [0.3, 0.4) is 0 Å². The molecular weight excluding hydrogens is 310 g/mol. The monoisotopic (exact) mass is 317 g/mol. The Morgan fingerprint density at radius 3 is 2.33 bits per heavy atom. The first-order chi connectivity index (χ1) is 9.71. The molecule has 0 atom stereocenters. The zero-order valence-electron chi connectivity index (χ0n) is 10.3. The van der Waals surface area contributed by atoms with Crippen molar-refractivity contribution >= 4 is 23.1 Å². The average molecular weight is 318 g/mol. The van der Waals surface area contributed by atoms with Gasteiger partial charge in [-0.05, 0) is 30.3 Å². The largest absolute Gasteiger partial charge is 0.419 e. The fraction of sp³-hybridized carbons (Fsp3) is 0.0714. The number of carbonyl (C=O) groups excluding carboxylic acids is 1. The maximum Gasteiger partial charge on any atom is 0.419 e. The van der Waals surface area contributed by atoms with E-state index in [1.807, 2.05) is 0 Å². The SMILES string of the molecule is Nc1ccc(C(=O)c2cccc(C(F)(F)F)c2F)c(Cl)c1. The number of halogens is 5. The van der Waals surface area contributed by atoms with E-state index in [0.29, 0.717) is 6.07 Å². The van der Waals surface area contributed by atoms with Crippen LogP contribution in [0.4, 0.5) is 23.2 Å². The van der Waals surface area contributed by atoms with Gasteiger partial charge in [0.25, 0.3) is 0 Å². The molecule has 0 saturated carbocycles. The molecule has 0 aliphatic rings. The number of rotatable bonds is 2. The third kappa shape index (κ3) is 3.00. The van der Waals surface area contributed by atoms with Crippen molar-refractivity contribution in [2.75, 3.05) is 5.73 Å². The highest BCUT2D eigenvalue weighted by molar-refractivity contribution is 6.35. The van der Waals surface area contributed by atoms with Crippen molar-refractivity contribution in [2.24, 2.45) is 0 Å². The van der Waals surface area contributed by atoms with E-state index in [0.717, 1.165) is 12.1 Å². The van der Waals surface area contributed by atoms with Gasteiger partial charge in [-0.2, -0.15) is 13.2 Å². The fourth-order valence-corrected chi connectivity index (χ4v) is 2.06. The molecule has 2 rings (SSSR count). The maximum absolute atomic E-state index is 13.9. The van der Waals surface area contributed by atoms with Crippen LogP contribution in [0.1, 0.15) is 21.5 Å². The molecule has 2 nitrogen and oxygen atoms in total. The molecule has 0 heterocycles. The van der Waals surface area contributed by atoms with Gasteiger partial charge in [-0.1, -0.05) is 17.7 Å². The summed E-state index contributed by atoms with van der Waals surface area (Å²) in [5, 5.41) is -0.0585. The summed E-state index contributed by atoms with van der Waals surface area (Å²) in [5.41, 5.74) is 3.42. The summed E-state index contributed by atoms with van der Waals surface area (Å²) >= 11 is 5.81. The van der Waals surface area contributed by atoms with Crippen molar-refractivity contribution in [2.45, 2.75) is 6.18 Å². The predicted octanol–water partition coefficient (Wildman–Crippen LogP) is 4.31. The summed E-state index contributed by atoms with van der Waals surface area (Å²) in [6, 6.07) is 6.35. The van der Waals surface area contributed by atoms with Crippen LogP contribution in [0.2, 0.25) is 5.02 Å². The minimum absolute atomic E-state index is 0.0585. The first kappa shape index (κ1) is 15.3. The van der Waals surface area contributed by atoms with Crippen molar-refractivity contribution in [1.82, 2.24) is 0 Å². The van der Waals surface area contributed by atoms with Gasteiger partial charge in [0.15, 0.2) is 5.78 Å². The Hall–Kier alpha value is -2.08. The van der Waals surface area contributed by atoms with Crippen molar-refractivity contribution in [3.8, 4) is 0 Å². The number of hydrogen-bond acceptors (Lipinski definition) is 2. The molecule has 0 unspecified atom stereocenters. The van der Waals surface area contributed by atoms with Gasteiger partial charge in [0.05, 0.1) is 16.1 Å². The second-order valence-electron chi connectivity index (χ2n) is 4.23. The number of nitrogens with two attached hydrogens (primary N) is 1. The number of ketones is 1. The van der Waals surface area contributed by atoms with Gasteiger partial charge in [-0.25, -0.2) is 4.39 Å². The summed E-state index contributed by atoms with van der Waals surface area (Å²) in [5.74, 6) is -2.56. The second kappa shape index (κ2) is 5.37. The molecule has 0 aliphatic carbocycles. The molecule has 21 heavy (non-hydrogen) atoms. The summed E-state index contributed by atoms with van der Waals surface area (Å²) in [7, 11) is 0. The van der Waals surface area contributed by atoms with E-state index >= 15 is 0 Å². The van der Waals surface area contributed by atoms with Crippen LogP contribution in [0, 0.1) is 5.82 Å². The first-order valence-electron chi connectivity index (χ1n) is 5.67. The summed E-state index contributed by atoms with van der Waals surface area (Å²) in [4.78, 5) is 12.1. The minimum Gasteiger partial charge on any atom is -0.399 e. The molecule has 110 valence electrons. The zero-order chi connectivity index (χ0) is 15.8. The number of alkyl halides is 3. The lowest BCUT2D eigenvalue weighted by Gasteiger charge is -2.11. The molecule has 0 radical (unpaired) electrons. The Morgan fingerprint density at radius 1 is 1.10 bits per heavy atom. The number of nitrogen functional groups attached to an aromatic ring is 1. The summed E-state index contributed by atoms with van der Waals surface area (Å²) in [6.07, 6.45) is -4.88. The van der Waals surface area contributed by atoms with Gasteiger partial charge in [0, 0.05) is 11.3 Å². The highest BCUT2D eigenvalue weighted by Crippen LogP contribution is 2.33. The zero-order valence-corrected chi connectivity index (χ0v) is 11.1. The third-order valence-corrected chi connectivity index (χ3v) is 3.10. The highest BCUT2D eigenvalue weighted by atomic mass is 35.5. The summed E-state index contributed by atoms with van der Waals surface area (Å²) in [6.45, 7) is 0. The quantitative estimate of drug-likeness (QED) is 0.509. The highest BCUT2D eigenvalue weighted by Gasteiger charge is 2.35. The molecule has 0 amide bonds. The third-order valence-electron chi connectivity index (χ3n) is 2.79. The fourth-order valence-electron chi connectivity index (χ4n) is 1.79. The number of carbonyl (C=O) groups is 1. The van der Waals surface area contributed by atoms with Crippen LogP contribution in [-0.4, -0.2) is 5.78 Å². The minimum atomic E-state index is -4.88. The Kier molecular flexibility index (Phi) is 3.91. The van der Waals surface area contributed by atoms with Crippen molar-refractivity contribution in [3.63, 3.8) is 0 Å². The molecule has 0 spiro atoms. The molecule has 2 aromatic rings. The van der Waals surface area contributed by atoms with Crippen molar-refractivity contribution in [1.29, 1.82) is 0 Å². The van der Waals surface area contributed by atoms with E-state index in [9.17, 15) is 22.4 Å². The predicted molar refractivity (Wildman–Crippen MR) is 70.7 cm³/mol.